The molecule has 114 valence electrons. The average molecular weight is 301 g/mol. The van der Waals surface area contributed by atoms with E-state index in [1.165, 1.54) is 0 Å². The van der Waals surface area contributed by atoms with Crippen LogP contribution in [0.2, 0.25) is 0 Å². The highest BCUT2D eigenvalue weighted by Crippen LogP contribution is 2.20. The zero-order chi connectivity index (χ0) is 14.8. The van der Waals surface area contributed by atoms with E-state index >= 15 is 0 Å². The van der Waals surface area contributed by atoms with Crippen molar-refractivity contribution in [2.24, 2.45) is 0 Å². The second-order valence-electron chi connectivity index (χ2n) is 5.40. The van der Waals surface area contributed by atoms with Crippen LogP contribution in [0, 0.1) is 6.92 Å². The minimum absolute atomic E-state index is 0.0428. The van der Waals surface area contributed by atoms with Gasteiger partial charge in [0, 0.05) is 18.8 Å². The third kappa shape index (κ3) is 3.39. The van der Waals surface area contributed by atoms with Crippen LogP contribution >= 0.6 is 0 Å². The predicted octanol–water partition coefficient (Wildman–Crippen LogP) is 1.18. The summed E-state index contributed by atoms with van der Waals surface area (Å²) in [6, 6.07) is -0.398. The molecule has 1 saturated carbocycles. The molecule has 0 spiro atoms. The number of aryl methyl sites for hydroxylation is 2. The van der Waals surface area contributed by atoms with E-state index < -0.39 is 22.2 Å². The number of hydrogen-bond acceptors (Lipinski definition) is 4. The summed E-state index contributed by atoms with van der Waals surface area (Å²) in [6.45, 7) is 4.58. The van der Waals surface area contributed by atoms with Gasteiger partial charge in [-0.3, -0.25) is 0 Å². The lowest BCUT2D eigenvalue weighted by Crippen LogP contribution is -2.45. The Labute approximate surface area is 120 Å². The molecule has 0 unspecified atom stereocenters. The van der Waals surface area contributed by atoms with Crippen LogP contribution in [-0.4, -0.2) is 35.2 Å². The van der Waals surface area contributed by atoms with Gasteiger partial charge in [-0.1, -0.05) is 19.8 Å². The summed E-state index contributed by atoms with van der Waals surface area (Å²) < 4.78 is 29.1. The van der Waals surface area contributed by atoms with Gasteiger partial charge < -0.3 is 9.67 Å². The first kappa shape index (κ1) is 15.5. The molecule has 2 rings (SSSR count). The first-order chi connectivity index (χ1) is 9.44. The maximum Gasteiger partial charge on any atom is 0.259 e. The number of rotatable bonds is 5. The molecule has 1 fully saturated rings. The van der Waals surface area contributed by atoms with Crippen molar-refractivity contribution in [2.75, 3.05) is 0 Å². The molecule has 1 aromatic rings. The minimum atomic E-state index is -3.65. The van der Waals surface area contributed by atoms with Gasteiger partial charge in [0.15, 0.2) is 5.03 Å². The average Bonchev–Trinajstić information content (AvgIpc) is 2.75. The van der Waals surface area contributed by atoms with E-state index in [1.807, 2.05) is 11.5 Å². The van der Waals surface area contributed by atoms with E-state index in [-0.39, 0.29) is 5.03 Å². The van der Waals surface area contributed by atoms with E-state index in [1.54, 1.807) is 13.1 Å². The van der Waals surface area contributed by atoms with Gasteiger partial charge in [-0.15, -0.1) is 0 Å². The van der Waals surface area contributed by atoms with Crippen molar-refractivity contribution >= 4 is 10.0 Å². The maximum atomic E-state index is 12.3. The number of aromatic nitrogens is 2. The van der Waals surface area contributed by atoms with E-state index in [2.05, 4.69) is 9.71 Å². The van der Waals surface area contributed by atoms with Crippen LogP contribution in [0.5, 0.6) is 0 Å². The lowest BCUT2D eigenvalue weighted by Gasteiger charge is -2.27. The van der Waals surface area contributed by atoms with Crippen molar-refractivity contribution in [1.82, 2.24) is 14.3 Å². The molecule has 0 bridgehead atoms. The van der Waals surface area contributed by atoms with Crippen LogP contribution in [0.3, 0.4) is 0 Å². The standard InChI is InChI=1S/C13H23N3O3S/c1-3-8-16-9-13(14-10(16)2)20(18,19)15-11-6-4-5-7-12(11)17/h9,11-12,15,17H,3-8H2,1-2H3/t11-,12-/m1/s1. The van der Waals surface area contributed by atoms with Crippen LogP contribution in [0.15, 0.2) is 11.2 Å². The summed E-state index contributed by atoms with van der Waals surface area (Å²) in [4.78, 5) is 4.12. The van der Waals surface area contributed by atoms with Crippen LogP contribution < -0.4 is 4.72 Å². The summed E-state index contributed by atoms with van der Waals surface area (Å²) in [5, 5.41) is 9.91. The molecule has 0 amide bonds. The number of nitrogens with one attached hydrogen (secondary N) is 1. The topological polar surface area (TPSA) is 84.2 Å². The largest absolute Gasteiger partial charge is 0.391 e. The van der Waals surface area contributed by atoms with Crippen LogP contribution in [0.4, 0.5) is 0 Å². The van der Waals surface area contributed by atoms with Gasteiger partial charge in [-0.25, -0.2) is 18.1 Å². The molecule has 2 atom stereocenters. The predicted molar refractivity (Wildman–Crippen MR) is 75.8 cm³/mol. The highest BCUT2D eigenvalue weighted by molar-refractivity contribution is 7.89. The fourth-order valence-electron chi connectivity index (χ4n) is 2.58. The minimum Gasteiger partial charge on any atom is -0.391 e. The Kier molecular flexibility index (Phi) is 4.82. The second-order valence-corrected chi connectivity index (χ2v) is 7.06. The molecule has 1 aromatic heterocycles. The normalized spacial score (nSPS) is 23.9. The summed E-state index contributed by atoms with van der Waals surface area (Å²) in [6.07, 6.45) is 5.10. The van der Waals surface area contributed by atoms with Crippen molar-refractivity contribution < 1.29 is 13.5 Å². The molecular formula is C13H23N3O3S. The van der Waals surface area contributed by atoms with Crippen molar-refractivity contribution in [1.29, 1.82) is 0 Å². The molecular weight excluding hydrogens is 278 g/mol. The second kappa shape index (κ2) is 6.24. The molecule has 2 N–H and O–H groups in total. The van der Waals surface area contributed by atoms with Crippen molar-refractivity contribution in [3.05, 3.63) is 12.0 Å². The van der Waals surface area contributed by atoms with E-state index in [0.29, 0.717) is 18.7 Å². The molecule has 20 heavy (non-hydrogen) atoms. The summed E-state index contributed by atoms with van der Waals surface area (Å²) in [5.41, 5.74) is 0. The van der Waals surface area contributed by atoms with Gasteiger partial charge in [0.05, 0.1) is 6.10 Å². The lowest BCUT2D eigenvalue weighted by atomic mass is 9.93. The Morgan fingerprint density at radius 3 is 2.80 bits per heavy atom. The molecule has 1 aliphatic rings. The van der Waals surface area contributed by atoms with Crippen molar-refractivity contribution in [3.8, 4) is 0 Å². The SMILES string of the molecule is CCCn1cc(S(=O)(=O)N[C@@H]2CCCC[C@H]2O)nc1C. The number of sulfonamides is 1. The van der Waals surface area contributed by atoms with E-state index in [4.69, 9.17) is 0 Å². The Morgan fingerprint density at radius 2 is 2.15 bits per heavy atom. The smallest absolute Gasteiger partial charge is 0.259 e. The lowest BCUT2D eigenvalue weighted by molar-refractivity contribution is 0.101. The number of aliphatic hydroxyl groups is 1. The molecule has 0 radical (unpaired) electrons. The van der Waals surface area contributed by atoms with E-state index in [9.17, 15) is 13.5 Å². The Morgan fingerprint density at radius 1 is 1.45 bits per heavy atom. The summed E-state index contributed by atoms with van der Waals surface area (Å²) in [5.74, 6) is 0.691. The van der Waals surface area contributed by atoms with Crippen molar-refractivity contribution in [3.63, 3.8) is 0 Å². The molecule has 7 heteroatoms. The highest BCUT2D eigenvalue weighted by atomic mass is 32.2. The number of aliphatic hydroxyl groups excluding tert-OH is 1. The van der Waals surface area contributed by atoms with Gasteiger partial charge >= 0.3 is 0 Å². The Hall–Kier alpha value is -0.920. The van der Waals surface area contributed by atoms with Crippen LogP contribution in [0.1, 0.15) is 44.9 Å². The molecule has 0 aromatic carbocycles. The fraction of sp³-hybridized carbons (Fsp3) is 0.769. The fourth-order valence-corrected chi connectivity index (χ4v) is 3.90. The monoisotopic (exact) mass is 301 g/mol. The number of imidazole rings is 1. The quantitative estimate of drug-likeness (QED) is 0.855. The number of hydrogen-bond donors (Lipinski definition) is 2. The molecule has 0 aliphatic heterocycles. The first-order valence-corrected chi connectivity index (χ1v) is 8.66. The third-order valence-electron chi connectivity index (χ3n) is 3.73. The van der Waals surface area contributed by atoms with Gasteiger partial charge in [0.1, 0.15) is 5.82 Å². The maximum absolute atomic E-state index is 12.3. The Balaban J connectivity index is 2.15. The third-order valence-corrected chi connectivity index (χ3v) is 5.09. The molecule has 1 heterocycles. The zero-order valence-corrected chi connectivity index (χ0v) is 12.9. The van der Waals surface area contributed by atoms with Gasteiger partial charge in [-0.05, 0) is 26.2 Å². The summed E-state index contributed by atoms with van der Waals surface area (Å²) >= 11 is 0. The highest BCUT2D eigenvalue weighted by Gasteiger charge is 2.29. The van der Waals surface area contributed by atoms with Crippen LogP contribution in [0.25, 0.3) is 0 Å². The van der Waals surface area contributed by atoms with E-state index in [0.717, 1.165) is 25.8 Å². The Bertz CT molecular complexity index is 553. The van der Waals surface area contributed by atoms with Gasteiger partial charge in [0.2, 0.25) is 0 Å². The zero-order valence-electron chi connectivity index (χ0n) is 12.0. The first-order valence-electron chi connectivity index (χ1n) is 7.18. The molecule has 0 saturated heterocycles. The van der Waals surface area contributed by atoms with Crippen LogP contribution in [-0.2, 0) is 16.6 Å². The van der Waals surface area contributed by atoms with Crippen molar-refractivity contribution in [2.45, 2.75) is 69.7 Å². The molecule has 6 nitrogen and oxygen atoms in total. The summed E-state index contributed by atoms with van der Waals surface area (Å²) in [7, 11) is -3.65. The van der Waals surface area contributed by atoms with Gasteiger partial charge in [-0.2, -0.15) is 0 Å². The number of nitrogens with zero attached hydrogens (tertiary/aromatic N) is 2. The molecule has 1 aliphatic carbocycles. The van der Waals surface area contributed by atoms with Gasteiger partial charge in [0.25, 0.3) is 10.0 Å².